The van der Waals surface area contributed by atoms with Crippen LogP contribution in [-0.4, -0.2) is 21.6 Å². The van der Waals surface area contributed by atoms with Gasteiger partial charge >= 0.3 is 12.4 Å². The molecule has 2 aromatic heterocycles. The maximum atomic E-state index is 13.0. The van der Waals surface area contributed by atoms with E-state index < -0.39 is 30.4 Å². The van der Waals surface area contributed by atoms with Gasteiger partial charge in [-0.3, -0.25) is 4.98 Å². The van der Waals surface area contributed by atoms with Gasteiger partial charge in [-0.05, 0) is 12.1 Å². The third-order valence-corrected chi connectivity index (χ3v) is 3.29. The van der Waals surface area contributed by atoms with E-state index in [-0.39, 0.29) is 27.4 Å². The topological polar surface area (TPSA) is 81.0 Å². The summed E-state index contributed by atoms with van der Waals surface area (Å²) in [5, 5.41) is 0.166. The zero-order valence-electron chi connectivity index (χ0n) is 11.4. The van der Waals surface area contributed by atoms with Gasteiger partial charge in [0.05, 0.1) is 16.9 Å². The number of fused-ring (bicyclic) bond motifs is 1. The molecule has 0 aliphatic heterocycles. The molecule has 0 bridgehead atoms. The first kappa shape index (κ1) is 16.2. The highest BCUT2D eigenvalue weighted by Crippen LogP contribution is 2.33. The highest BCUT2D eigenvalue weighted by molar-refractivity contribution is 6.35. The Bertz CT molecular complexity index is 957. The Kier molecular flexibility index (Phi) is 4.14. The van der Waals surface area contributed by atoms with Crippen LogP contribution in [-0.2, 0) is 0 Å². The summed E-state index contributed by atoms with van der Waals surface area (Å²) in [6, 6.07) is 2.76. The van der Waals surface area contributed by atoms with Gasteiger partial charge in [0, 0.05) is 5.56 Å². The van der Waals surface area contributed by atoms with E-state index >= 15 is 0 Å². The van der Waals surface area contributed by atoms with Crippen LogP contribution in [0.15, 0.2) is 27.5 Å². The van der Waals surface area contributed by atoms with Gasteiger partial charge in [-0.2, -0.15) is 8.78 Å². The number of rotatable bonds is 4. The zero-order valence-corrected chi connectivity index (χ0v) is 12.2. The molecule has 1 N–H and O–H groups in total. The molecule has 0 atom stereocenters. The molecular weight excluding hydrogens is 358 g/mol. The van der Waals surface area contributed by atoms with Crippen molar-refractivity contribution in [1.82, 2.24) is 15.0 Å². The standard InChI is InChI=1S/C13H6ClF4N3O3/c14-5-2-1-4(9-7(5)21-13(22)23-9)6-3-19-11(24-12(17)18)8(20-6)10(15)16/h1-3,10,12H,(H,21,22). The molecule has 0 unspecified atom stereocenters. The summed E-state index contributed by atoms with van der Waals surface area (Å²) < 4.78 is 59.4. The molecule has 24 heavy (non-hydrogen) atoms. The number of alkyl halides is 4. The molecular formula is C13H6ClF4N3O3. The van der Waals surface area contributed by atoms with Crippen molar-refractivity contribution >= 4 is 22.7 Å². The van der Waals surface area contributed by atoms with Gasteiger partial charge in [0.15, 0.2) is 11.3 Å². The number of hydrogen-bond acceptors (Lipinski definition) is 5. The number of oxazole rings is 1. The second kappa shape index (κ2) is 6.11. The van der Waals surface area contributed by atoms with E-state index in [1.165, 1.54) is 12.1 Å². The van der Waals surface area contributed by atoms with Crippen molar-refractivity contribution in [2.24, 2.45) is 0 Å². The van der Waals surface area contributed by atoms with E-state index in [0.29, 0.717) is 0 Å². The maximum Gasteiger partial charge on any atom is 0.417 e. The Hall–Kier alpha value is -2.62. The van der Waals surface area contributed by atoms with Gasteiger partial charge in [-0.25, -0.2) is 23.5 Å². The molecule has 11 heteroatoms. The Morgan fingerprint density at radius 1 is 1.25 bits per heavy atom. The highest BCUT2D eigenvalue weighted by Gasteiger charge is 2.23. The lowest BCUT2D eigenvalue weighted by atomic mass is 10.1. The molecule has 1 aromatic carbocycles. The minimum absolute atomic E-state index is 0.0236. The lowest BCUT2D eigenvalue weighted by molar-refractivity contribution is -0.0556. The zero-order chi connectivity index (χ0) is 17.4. The molecule has 3 aromatic rings. The lowest BCUT2D eigenvalue weighted by Crippen LogP contribution is -2.08. The second-order valence-electron chi connectivity index (χ2n) is 4.44. The molecule has 0 saturated carbocycles. The number of aromatic amines is 1. The summed E-state index contributed by atoms with van der Waals surface area (Å²) in [5.41, 5.74) is -0.937. The summed E-state index contributed by atoms with van der Waals surface area (Å²) >= 11 is 5.90. The minimum Gasteiger partial charge on any atom is -0.415 e. The number of halogens is 5. The summed E-state index contributed by atoms with van der Waals surface area (Å²) in [7, 11) is 0. The van der Waals surface area contributed by atoms with Gasteiger partial charge in [-0.1, -0.05) is 11.6 Å². The van der Waals surface area contributed by atoms with Gasteiger partial charge in [-0.15, -0.1) is 0 Å². The summed E-state index contributed by atoms with van der Waals surface area (Å²) in [5.74, 6) is -1.79. The number of nitrogens with zero attached hydrogens (tertiary/aromatic N) is 2. The summed E-state index contributed by atoms with van der Waals surface area (Å²) in [6.45, 7) is -3.33. The van der Waals surface area contributed by atoms with Crippen molar-refractivity contribution in [1.29, 1.82) is 0 Å². The third-order valence-electron chi connectivity index (χ3n) is 2.98. The van der Waals surface area contributed by atoms with Crippen LogP contribution < -0.4 is 10.5 Å². The molecule has 126 valence electrons. The first-order chi connectivity index (χ1) is 11.4. The van der Waals surface area contributed by atoms with Gasteiger partial charge in [0.1, 0.15) is 5.52 Å². The van der Waals surface area contributed by atoms with Crippen LogP contribution in [0.5, 0.6) is 5.88 Å². The van der Waals surface area contributed by atoms with Gasteiger partial charge in [0.25, 0.3) is 6.43 Å². The van der Waals surface area contributed by atoms with E-state index in [2.05, 4.69) is 19.7 Å². The van der Waals surface area contributed by atoms with Crippen LogP contribution in [0.3, 0.4) is 0 Å². The number of nitrogens with one attached hydrogen (secondary N) is 1. The largest absolute Gasteiger partial charge is 0.417 e. The first-order valence-corrected chi connectivity index (χ1v) is 6.66. The van der Waals surface area contributed by atoms with Crippen molar-refractivity contribution in [2.75, 3.05) is 0 Å². The molecule has 3 rings (SSSR count). The predicted octanol–water partition coefficient (Wildman–Crippen LogP) is 3.77. The minimum atomic E-state index is -3.33. The SMILES string of the molecule is O=c1[nH]c2c(Cl)ccc(-c3cnc(OC(F)F)c(C(F)F)n3)c2o1. The fourth-order valence-electron chi connectivity index (χ4n) is 2.04. The van der Waals surface area contributed by atoms with Crippen molar-refractivity contribution < 1.29 is 26.7 Å². The monoisotopic (exact) mass is 363 g/mol. The van der Waals surface area contributed by atoms with E-state index in [4.69, 9.17) is 16.0 Å². The highest BCUT2D eigenvalue weighted by atomic mass is 35.5. The fraction of sp³-hybridized carbons (Fsp3) is 0.154. The Morgan fingerprint density at radius 2 is 2.00 bits per heavy atom. The molecule has 0 aliphatic carbocycles. The normalized spacial score (nSPS) is 11.6. The summed E-state index contributed by atoms with van der Waals surface area (Å²) in [4.78, 5) is 20.7. The van der Waals surface area contributed by atoms with Crippen LogP contribution in [0.2, 0.25) is 5.02 Å². The van der Waals surface area contributed by atoms with E-state index in [9.17, 15) is 22.4 Å². The quantitative estimate of drug-likeness (QED) is 0.714. The van der Waals surface area contributed by atoms with E-state index in [0.717, 1.165) is 6.20 Å². The average Bonchev–Trinajstić information content (AvgIpc) is 2.90. The van der Waals surface area contributed by atoms with Crippen molar-refractivity contribution in [3.63, 3.8) is 0 Å². The van der Waals surface area contributed by atoms with E-state index in [1.54, 1.807) is 0 Å². The lowest BCUT2D eigenvalue weighted by Gasteiger charge is -2.10. The van der Waals surface area contributed by atoms with Gasteiger partial charge in [0.2, 0.25) is 5.88 Å². The van der Waals surface area contributed by atoms with E-state index in [1.807, 2.05) is 0 Å². The number of benzene rings is 1. The molecule has 0 radical (unpaired) electrons. The number of aromatic nitrogens is 3. The van der Waals surface area contributed by atoms with Gasteiger partial charge < -0.3 is 9.15 Å². The van der Waals surface area contributed by atoms with Crippen LogP contribution in [0.25, 0.3) is 22.4 Å². The first-order valence-electron chi connectivity index (χ1n) is 6.28. The Morgan fingerprint density at radius 3 is 2.67 bits per heavy atom. The molecule has 2 heterocycles. The van der Waals surface area contributed by atoms with Crippen LogP contribution in [0.1, 0.15) is 12.1 Å². The Labute approximate surface area is 135 Å². The molecule has 0 aliphatic rings. The average molecular weight is 364 g/mol. The van der Waals surface area contributed by atoms with Crippen molar-refractivity contribution in [3.8, 4) is 17.1 Å². The van der Waals surface area contributed by atoms with Crippen LogP contribution in [0, 0.1) is 0 Å². The third kappa shape index (κ3) is 2.92. The number of H-pyrrole nitrogens is 1. The van der Waals surface area contributed by atoms with Crippen LogP contribution >= 0.6 is 11.6 Å². The molecule has 0 saturated heterocycles. The molecule has 0 amide bonds. The summed E-state index contributed by atoms with van der Waals surface area (Å²) in [6.07, 6.45) is -2.26. The molecule has 0 fully saturated rings. The number of ether oxygens (including phenoxy) is 1. The molecule has 0 spiro atoms. The maximum absolute atomic E-state index is 13.0. The smallest absolute Gasteiger partial charge is 0.415 e. The molecule has 6 nitrogen and oxygen atoms in total. The fourth-order valence-corrected chi connectivity index (χ4v) is 2.24. The van der Waals surface area contributed by atoms with Crippen molar-refractivity contribution in [2.45, 2.75) is 13.0 Å². The van der Waals surface area contributed by atoms with Crippen LogP contribution in [0.4, 0.5) is 17.6 Å². The Balaban J connectivity index is 2.18. The predicted molar refractivity (Wildman–Crippen MR) is 74.5 cm³/mol. The second-order valence-corrected chi connectivity index (χ2v) is 4.85. The number of hydrogen-bond donors (Lipinski definition) is 1. The van der Waals surface area contributed by atoms with Crippen molar-refractivity contribution in [3.05, 3.63) is 39.6 Å².